The largest absolute Gasteiger partial charge is 0.502 e. The summed E-state index contributed by atoms with van der Waals surface area (Å²) in [5, 5.41) is 19.7. The van der Waals surface area contributed by atoms with E-state index in [9.17, 15) is 23.0 Å². The molecular weight excluding hydrogens is 301 g/mol. The van der Waals surface area contributed by atoms with Gasteiger partial charge in [0.15, 0.2) is 5.76 Å². The highest BCUT2D eigenvalue weighted by molar-refractivity contribution is 7.92. The first kappa shape index (κ1) is 15.2. The van der Waals surface area contributed by atoms with Crippen LogP contribution in [0.25, 0.3) is 11.3 Å². The minimum atomic E-state index is -3.67. The fourth-order valence-electron chi connectivity index (χ4n) is 1.76. The Morgan fingerprint density at radius 2 is 1.95 bits per heavy atom. The molecule has 0 aliphatic carbocycles. The molecule has 0 unspecified atom stereocenters. The van der Waals surface area contributed by atoms with Gasteiger partial charge in [-0.3, -0.25) is 0 Å². The Hall–Kier alpha value is -2.22. The van der Waals surface area contributed by atoms with E-state index in [2.05, 4.69) is 0 Å². The maximum absolute atomic E-state index is 13.2. The molecule has 2 aromatic rings. The van der Waals surface area contributed by atoms with Gasteiger partial charge in [0.1, 0.15) is 5.82 Å². The third kappa shape index (κ3) is 2.66. The van der Waals surface area contributed by atoms with E-state index in [1.54, 1.807) is 0 Å². The van der Waals surface area contributed by atoms with Crippen molar-refractivity contribution in [3.8, 4) is 22.8 Å². The van der Waals surface area contributed by atoms with Crippen LogP contribution in [0.3, 0.4) is 0 Å². The molecule has 6 nitrogen and oxygen atoms in total. The zero-order chi connectivity index (χ0) is 15.8. The molecule has 1 aromatic heterocycles. The van der Waals surface area contributed by atoms with Crippen LogP contribution in [0.4, 0.5) is 10.3 Å². The summed E-state index contributed by atoms with van der Waals surface area (Å²) in [7, 11) is -2.49. The summed E-state index contributed by atoms with van der Waals surface area (Å²) in [6, 6.07) is 5.16. The molecule has 0 radical (unpaired) electrons. The fraction of sp³-hybridized carbons (Fsp3) is 0.231. The van der Waals surface area contributed by atoms with Crippen LogP contribution in [-0.2, 0) is 10.0 Å². The number of sulfonamides is 1. The molecule has 0 saturated carbocycles. The van der Waals surface area contributed by atoms with E-state index in [-0.39, 0.29) is 17.1 Å². The molecule has 0 fully saturated rings. The van der Waals surface area contributed by atoms with Crippen LogP contribution in [-0.4, -0.2) is 31.4 Å². The summed E-state index contributed by atoms with van der Waals surface area (Å²) in [5.41, 5.74) is 0.177. The van der Waals surface area contributed by atoms with E-state index in [0.29, 0.717) is 0 Å². The van der Waals surface area contributed by atoms with E-state index in [4.69, 9.17) is 4.42 Å². The molecule has 1 aromatic carbocycles. The molecule has 0 saturated heterocycles. The molecule has 114 valence electrons. The molecule has 2 rings (SSSR count). The maximum atomic E-state index is 13.2. The van der Waals surface area contributed by atoms with Gasteiger partial charge < -0.3 is 14.6 Å². The van der Waals surface area contributed by atoms with Gasteiger partial charge in [-0.2, -0.15) is 0 Å². The SMILES string of the molecule is CCS(=O)(=O)N(C)c1oc(-c2cccc(F)c2)c(O)c1O. The molecule has 0 amide bonds. The first-order chi connectivity index (χ1) is 9.77. The first-order valence-electron chi connectivity index (χ1n) is 6.05. The Labute approximate surface area is 121 Å². The molecule has 0 aliphatic rings. The number of halogens is 1. The highest BCUT2D eigenvalue weighted by Gasteiger charge is 2.28. The van der Waals surface area contributed by atoms with Crippen LogP contribution in [0.5, 0.6) is 11.5 Å². The predicted octanol–water partition coefficient (Wildman–Crippen LogP) is 2.28. The topological polar surface area (TPSA) is 91.0 Å². The molecule has 21 heavy (non-hydrogen) atoms. The molecule has 1 heterocycles. The van der Waals surface area contributed by atoms with E-state index in [0.717, 1.165) is 10.4 Å². The van der Waals surface area contributed by atoms with Crippen LogP contribution in [0.1, 0.15) is 6.92 Å². The van der Waals surface area contributed by atoms with Crippen molar-refractivity contribution in [1.82, 2.24) is 0 Å². The second kappa shape index (κ2) is 5.28. The van der Waals surface area contributed by atoms with Gasteiger partial charge in [-0.25, -0.2) is 17.1 Å². The summed E-state index contributed by atoms with van der Waals surface area (Å²) < 4.78 is 42.7. The minimum Gasteiger partial charge on any atom is -0.502 e. The van der Waals surface area contributed by atoms with Crippen molar-refractivity contribution >= 4 is 15.9 Å². The number of benzene rings is 1. The summed E-state index contributed by atoms with van der Waals surface area (Å²) in [6.45, 7) is 1.43. The van der Waals surface area contributed by atoms with Crippen LogP contribution in [0.15, 0.2) is 28.7 Å². The van der Waals surface area contributed by atoms with Gasteiger partial charge in [-0.05, 0) is 19.1 Å². The lowest BCUT2D eigenvalue weighted by molar-refractivity contribution is 0.409. The van der Waals surface area contributed by atoms with Crippen molar-refractivity contribution in [3.63, 3.8) is 0 Å². The van der Waals surface area contributed by atoms with Crippen LogP contribution < -0.4 is 4.31 Å². The number of nitrogens with zero attached hydrogens (tertiary/aromatic N) is 1. The zero-order valence-electron chi connectivity index (χ0n) is 11.4. The van der Waals surface area contributed by atoms with Gasteiger partial charge in [0, 0.05) is 12.6 Å². The van der Waals surface area contributed by atoms with Crippen molar-refractivity contribution in [2.45, 2.75) is 6.92 Å². The van der Waals surface area contributed by atoms with Gasteiger partial charge in [-0.1, -0.05) is 12.1 Å². The molecule has 0 spiro atoms. The molecule has 2 N–H and O–H groups in total. The fourth-order valence-corrected chi connectivity index (χ4v) is 2.52. The van der Waals surface area contributed by atoms with Crippen molar-refractivity contribution in [1.29, 1.82) is 0 Å². The standard InChI is InChI=1S/C13H14FNO5S/c1-3-21(18,19)15(2)13-11(17)10(16)12(20-13)8-5-4-6-9(14)7-8/h4-7,16-17H,3H2,1-2H3. The zero-order valence-corrected chi connectivity index (χ0v) is 12.2. The lowest BCUT2D eigenvalue weighted by atomic mass is 10.1. The summed E-state index contributed by atoms with van der Waals surface area (Å²) in [4.78, 5) is 0. The quantitative estimate of drug-likeness (QED) is 0.903. The Morgan fingerprint density at radius 3 is 2.52 bits per heavy atom. The first-order valence-corrected chi connectivity index (χ1v) is 7.66. The van der Waals surface area contributed by atoms with Gasteiger partial charge in [0.05, 0.1) is 5.75 Å². The summed E-state index contributed by atoms with van der Waals surface area (Å²) in [5.74, 6) is -2.75. The highest BCUT2D eigenvalue weighted by Crippen LogP contribution is 2.47. The molecule has 0 atom stereocenters. The normalized spacial score (nSPS) is 11.6. The van der Waals surface area contributed by atoms with Gasteiger partial charge >= 0.3 is 0 Å². The van der Waals surface area contributed by atoms with E-state index >= 15 is 0 Å². The second-order valence-corrected chi connectivity index (χ2v) is 6.60. The van der Waals surface area contributed by atoms with Crippen LogP contribution in [0.2, 0.25) is 0 Å². The van der Waals surface area contributed by atoms with Crippen molar-refractivity contribution in [2.24, 2.45) is 0 Å². The Morgan fingerprint density at radius 1 is 1.29 bits per heavy atom. The van der Waals surface area contributed by atoms with Gasteiger partial charge in [0.2, 0.25) is 21.5 Å². The van der Waals surface area contributed by atoms with E-state index in [1.807, 2.05) is 0 Å². The monoisotopic (exact) mass is 315 g/mol. The summed E-state index contributed by atoms with van der Waals surface area (Å²) >= 11 is 0. The molecule has 0 aliphatic heterocycles. The smallest absolute Gasteiger partial charge is 0.256 e. The molecule has 0 bridgehead atoms. The van der Waals surface area contributed by atoms with Crippen molar-refractivity contribution in [3.05, 3.63) is 30.1 Å². The predicted molar refractivity (Wildman–Crippen MR) is 75.3 cm³/mol. The summed E-state index contributed by atoms with van der Waals surface area (Å²) in [6.07, 6.45) is 0. The third-order valence-electron chi connectivity index (χ3n) is 3.00. The number of rotatable bonds is 4. The molecule has 8 heteroatoms. The lowest BCUT2D eigenvalue weighted by Gasteiger charge is -2.14. The second-order valence-electron chi connectivity index (χ2n) is 4.31. The maximum Gasteiger partial charge on any atom is 0.256 e. The van der Waals surface area contributed by atoms with Gasteiger partial charge in [0.25, 0.3) is 5.88 Å². The number of hydrogen-bond donors (Lipinski definition) is 2. The average Bonchev–Trinajstić information content (AvgIpc) is 2.74. The Bertz CT molecular complexity index is 769. The third-order valence-corrected chi connectivity index (χ3v) is 4.73. The molecular formula is C13H14FNO5S. The van der Waals surface area contributed by atoms with Crippen LogP contribution in [0, 0.1) is 5.82 Å². The number of aromatic hydroxyl groups is 2. The van der Waals surface area contributed by atoms with E-state index < -0.39 is 33.2 Å². The van der Waals surface area contributed by atoms with E-state index in [1.165, 1.54) is 32.2 Å². The number of hydrogen-bond acceptors (Lipinski definition) is 5. The highest BCUT2D eigenvalue weighted by atomic mass is 32.2. The van der Waals surface area contributed by atoms with Crippen molar-refractivity contribution < 1.29 is 27.4 Å². The Kier molecular flexibility index (Phi) is 3.82. The van der Waals surface area contributed by atoms with Gasteiger partial charge in [-0.15, -0.1) is 0 Å². The minimum absolute atomic E-state index is 0.177. The Balaban J connectivity index is 2.56. The van der Waals surface area contributed by atoms with Crippen molar-refractivity contribution in [2.75, 3.05) is 17.1 Å². The average molecular weight is 315 g/mol. The number of furan rings is 1. The lowest BCUT2D eigenvalue weighted by Crippen LogP contribution is -2.27. The van der Waals surface area contributed by atoms with Crippen LogP contribution >= 0.6 is 0 Å². The number of anilines is 1.